The summed E-state index contributed by atoms with van der Waals surface area (Å²) >= 11 is 0. The topological polar surface area (TPSA) is 57.2 Å². The van der Waals surface area contributed by atoms with Gasteiger partial charge in [-0.25, -0.2) is 9.97 Å². The van der Waals surface area contributed by atoms with Crippen molar-refractivity contribution < 1.29 is 0 Å². The minimum absolute atomic E-state index is 0.398. The summed E-state index contributed by atoms with van der Waals surface area (Å²) in [5.74, 6) is 1.85. The van der Waals surface area contributed by atoms with E-state index < -0.39 is 0 Å². The van der Waals surface area contributed by atoms with Crippen LogP contribution in [0.5, 0.6) is 0 Å². The van der Waals surface area contributed by atoms with Crippen LogP contribution in [0, 0.1) is 0 Å². The van der Waals surface area contributed by atoms with Crippen LogP contribution >= 0.6 is 0 Å². The van der Waals surface area contributed by atoms with Gasteiger partial charge in [0.15, 0.2) is 5.82 Å². The predicted octanol–water partition coefficient (Wildman–Crippen LogP) is 2.47. The first-order valence-corrected chi connectivity index (χ1v) is 10.2. The van der Waals surface area contributed by atoms with E-state index in [-0.39, 0.29) is 0 Å². The summed E-state index contributed by atoms with van der Waals surface area (Å²) in [6, 6.07) is 4.36. The third-order valence-electron chi connectivity index (χ3n) is 5.73. The highest BCUT2D eigenvalue weighted by Gasteiger charge is 2.21. The van der Waals surface area contributed by atoms with Crippen LogP contribution in [-0.2, 0) is 12.8 Å². The van der Waals surface area contributed by atoms with Gasteiger partial charge in [-0.3, -0.25) is 4.98 Å². The molecule has 27 heavy (non-hydrogen) atoms. The first-order valence-electron chi connectivity index (χ1n) is 10.2. The van der Waals surface area contributed by atoms with Gasteiger partial charge in [0.05, 0.1) is 0 Å². The molecule has 144 valence electrons. The summed E-state index contributed by atoms with van der Waals surface area (Å²) in [6.07, 6.45) is 8.05. The van der Waals surface area contributed by atoms with E-state index in [0.717, 1.165) is 43.0 Å². The molecule has 2 aromatic rings. The lowest BCUT2D eigenvalue weighted by atomic mass is 10.1. The zero-order valence-corrected chi connectivity index (χ0v) is 16.5. The number of likely N-dealkylation sites (N-methyl/N-ethyl adjacent to an activating group) is 1. The van der Waals surface area contributed by atoms with Crippen molar-refractivity contribution in [1.82, 2.24) is 24.8 Å². The van der Waals surface area contributed by atoms with Crippen LogP contribution in [0.1, 0.15) is 31.0 Å². The van der Waals surface area contributed by atoms with E-state index in [1.165, 1.54) is 43.9 Å². The van der Waals surface area contributed by atoms with E-state index in [0.29, 0.717) is 6.04 Å². The molecule has 0 saturated carbocycles. The number of nitrogens with one attached hydrogen (secondary N) is 1. The Morgan fingerprint density at radius 1 is 1.07 bits per heavy atom. The first kappa shape index (κ1) is 18.3. The maximum absolute atomic E-state index is 4.89. The Hall–Kier alpha value is -2.05. The van der Waals surface area contributed by atoms with Crippen LogP contribution in [-0.4, -0.2) is 70.6 Å². The van der Waals surface area contributed by atoms with Crippen LogP contribution < -0.4 is 5.32 Å². The quantitative estimate of drug-likeness (QED) is 0.848. The van der Waals surface area contributed by atoms with Crippen LogP contribution in [0.25, 0.3) is 11.4 Å². The molecule has 1 N–H and O–H groups in total. The number of nitrogens with zero attached hydrogens (tertiary/aromatic N) is 5. The largest absolute Gasteiger partial charge is 0.367 e. The molecule has 0 spiro atoms. The molecular formula is C21H30N6. The molecule has 0 radical (unpaired) electrons. The summed E-state index contributed by atoms with van der Waals surface area (Å²) in [5.41, 5.74) is 3.57. The standard InChI is InChI=1S/C21H30N6/c1-16(8-11-27-14-12-26(2)13-15-27)23-21-18-4-3-5-19(18)24-20(25-21)17-6-9-22-10-7-17/h6-7,9-10,16H,3-5,8,11-15H2,1-2H3,(H,23,24,25). The molecule has 1 aliphatic heterocycles. The molecule has 0 bridgehead atoms. The molecule has 3 heterocycles. The molecule has 1 atom stereocenters. The Kier molecular flexibility index (Phi) is 5.64. The third kappa shape index (κ3) is 4.45. The zero-order chi connectivity index (χ0) is 18.6. The molecular weight excluding hydrogens is 336 g/mol. The molecule has 2 aliphatic rings. The number of fused-ring (bicyclic) bond motifs is 1. The van der Waals surface area contributed by atoms with Crippen molar-refractivity contribution in [1.29, 1.82) is 0 Å². The number of hydrogen-bond donors (Lipinski definition) is 1. The SMILES string of the molecule is CC(CCN1CCN(C)CC1)Nc1nc(-c2ccncc2)nc2c1CCC2. The second-order valence-corrected chi connectivity index (χ2v) is 7.89. The van der Waals surface area contributed by atoms with Gasteiger partial charge >= 0.3 is 0 Å². The normalized spacial score (nSPS) is 19.0. The molecule has 4 rings (SSSR count). The van der Waals surface area contributed by atoms with Crippen LogP contribution in [0.3, 0.4) is 0 Å². The average Bonchev–Trinajstić information content (AvgIpc) is 3.17. The maximum Gasteiger partial charge on any atom is 0.161 e. The number of aromatic nitrogens is 3. The number of hydrogen-bond acceptors (Lipinski definition) is 6. The van der Waals surface area contributed by atoms with Crippen molar-refractivity contribution in [3.63, 3.8) is 0 Å². The van der Waals surface area contributed by atoms with E-state index in [1.54, 1.807) is 12.4 Å². The Bertz CT molecular complexity index is 755. The fourth-order valence-corrected chi connectivity index (χ4v) is 3.94. The minimum Gasteiger partial charge on any atom is -0.367 e. The first-order chi connectivity index (χ1) is 13.2. The highest BCUT2D eigenvalue weighted by molar-refractivity contribution is 5.60. The number of rotatable bonds is 6. The maximum atomic E-state index is 4.89. The Labute approximate surface area is 162 Å². The van der Waals surface area contributed by atoms with Gasteiger partial charge in [0.1, 0.15) is 5.82 Å². The Morgan fingerprint density at radius 2 is 1.85 bits per heavy atom. The average molecular weight is 367 g/mol. The van der Waals surface area contributed by atoms with E-state index in [1.807, 2.05) is 12.1 Å². The summed E-state index contributed by atoms with van der Waals surface area (Å²) in [6.45, 7) is 8.13. The van der Waals surface area contributed by atoms with Gasteiger partial charge < -0.3 is 15.1 Å². The molecule has 1 aliphatic carbocycles. The second kappa shape index (κ2) is 8.31. The fourth-order valence-electron chi connectivity index (χ4n) is 3.94. The molecule has 1 saturated heterocycles. The molecule has 6 nitrogen and oxygen atoms in total. The van der Waals surface area contributed by atoms with E-state index in [2.05, 4.69) is 34.1 Å². The number of aryl methyl sites for hydroxylation is 1. The molecule has 6 heteroatoms. The molecule has 0 amide bonds. The zero-order valence-electron chi connectivity index (χ0n) is 16.5. The van der Waals surface area contributed by atoms with Crippen molar-refractivity contribution >= 4 is 5.82 Å². The van der Waals surface area contributed by atoms with Gasteiger partial charge in [0.2, 0.25) is 0 Å². The molecule has 0 aromatic carbocycles. The lowest BCUT2D eigenvalue weighted by molar-refractivity contribution is 0.151. The fraction of sp³-hybridized carbons (Fsp3) is 0.571. The van der Waals surface area contributed by atoms with Crippen molar-refractivity contribution in [2.24, 2.45) is 0 Å². The molecule has 2 aromatic heterocycles. The van der Waals surface area contributed by atoms with E-state index in [4.69, 9.17) is 9.97 Å². The smallest absolute Gasteiger partial charge is 0.161 e. The highest BCUT2D eigenvalue weighted by atomic mass is 15.2. The summed E-state index contributed by atoms with van der Waals surface area (Å²) in [5, 5.41) is 3.70. The van der Waals surface area contributed by atoms with Gasteiger partial charge in [-0.1, -0.05) is 0 Å². The van der Waals surface area contributed by atoms with Gasteiger partial charge in [0, 0.05) is 68.0 Å². The monoisotopic (exact) mass is 366 g/mol. The second-order valence-electron chi connectivity index (χ2n) is 7.89. The third-order valence-corrected chi connectivity index (χ3v) is 5.73. The predicted molar refractivity (Wildman–Crippen MR) is 109 cm³/mol. The Morgan fingerprint density at radius 3 is 2.63 bits per heavy atom. The molecule has 1 unspecified atom stereocenters. The van der Waals surface area contributed by atoms with Crippen molar-refractivity contribution in [3.05, 3.63) is 35.8 Å². The van der Waals surface area contributed by atoms with Gasteiger partial charge in [-0.05, 0) is 51.8 Å². The highest BCUT2D eigenvalue weighted by Crippen LogP contribution is 2.29. The molecule has 1 fully saturated rings. The van der Waals surface area contributed by atoms with E-state index >= 15 is 0 Å². The number of pyridine rings is 1. The number of piperazine rings is 1. The van der Waals surface area contributed by atoms with Gasteiger partial charge in [-0.2, -0.15) is 0 Å². The van der Waals surface area contributed by atoms with Crippen LogP contribution in [0.2, 0.25) is 0 Å². The van der Waals surface area contributed by atoms with E-state index in [9.17, 15) is 0 Å². The van der Waals surface area contributed by atoms with Crippen molar-refractivity contribution in [3.8, 4) is 11.4 Å². The lowest BCUT2D eigenvalue weighted by Crippen LogP contribution is -2.45. The van der Waals surface area contributed by atoms with Crippen molar-refractivity contribution in [2.75, 3.05) is 45.1 Å². The minimum atomic E-state index is 0.398. The van der Waals surface area contributed by atoms with Crippen LogP contribution in [0.15, 0.2) is 24.5 Å². The lowest BCUT2D eigenvalue weighted by Gasteiger charge is -2.33. The summed E-state index contributed by atoms with van der Waals surface area (Å²) in [4.78, 5) is 18.8. The van der Waals surface area contributed by atoms with Crippen LogP contribution in [0.4, 0.5) is 5.82 Å². The summed E-state index contributed by atoms with van der Waals surface area (Å²) in [7, 11) is 2.21. The van der Waals surface area contributed by atoms with Gasteiger partial charge in [0.25, 0.3) is 0 Å². The summed E-state index contributed by atoms with van der Waals surface area (Å²) < 4.78 is 0. The Balaban J connectivity index is 1.44. The van der Waals surface area contributed by atoms with Gasteiger partial charge in [-0.15, -0.1) is 0 Å². The number of anilines is 1. The van der Waals surface area contributed by atoms with Crippen molar-refractivity contribution in [2.45, 2.75) is 38.6 Å².